The number of rotatable bonds is 6. The molecule has 0 aliphatic rings. The number of nitrogens with one attached hydrogen (secondary N) is 1. The maximum Gasteiger partial charge on any atom is 0.0618 e. The van der Waals surface area contributed by atoms with Gasteiger partial charge in [0.25, 0.3) is 0 Å². The predicted molar refractivity (Wildman–Crippen MR) is 48.8 cm³/mol. The molecule has 2 atom stereocenters. The third-order valence-electron chi connectivity index (χ3n) is 2.14. The number of methoxy groups -OCH3 is 1. The molecule has 2 heteroatoms. The highest BCUT2D eigenvalue weighted by Gasteiger charge is 2.13. The van der Waals surface area contributed by atoms with Crippen LogP contribution in [0.15, 0.2) is 0 Å². The van der Waals surface area contributed by atoms with Gasteiger partial charge in [0, 0.05) is 13.2 Å². The van der Waals surface area contributed by atoms with Crippen molar-refractivity contribution in [1.29, 1.82) is 0 Å². The van der Waals surface area contributed by atoms with Gasteiger partial charge in [-0.1, -0.05) is 27.2 Å². The minimum atomic E-state index is 0.523. The molecule has 0 amide bonds. The molecule has 0 saturated heterocycles. The zero-order chi connectivity index (χ0) is 8.69. The van der Waals surface area contributed by atoms with Crippen LogP contribution in [0.25, 0.3) is 0 Å². The van der Waals surface area contributed by atoms with Gasteiger partial charge >= 0.3 is 0 Å². The Morgan fingerprint density at radius 2 is 2.00 bits per heavy atom. The first-order valence-electron chi connectivity index (χ1n) is 4.48. The van der Waals surface area contributed by atoms with Gasteiger partial charge in [0.05, 0.1) is 6.61 Å². The van der Waals surface area contributed by atoms with E-state index in [1.54, 1.807) is 7.11 Å². The third kappa shape index (κ3) is 4.38. The van der Waals surface area contributed by atoms with Gasteiger partial charge < -0.3 is 10.1 Å². The van der Waals surface area contributed by atoms with Gasteiger partial charge in [0.15, 0.2) is 0 Å². The smallest absolute Gasteiger partial charge is 0.0618 e. The average Bonchev–Trinajstić information content (AvgIpc) is 2.03. The van der Waals surface area contributed by atoms with Crippen molar-refractivity contribution in [3.05, 3.63) is 0 Å². The van der Waals surface area contributed by atoms with Gasteiger partial charge in [0.1, 0.15) is 0 Å². The van der Waals surface area contributed by atoms with Crippen molar-refractivity contribution in [3.63, 3.8) is 0 Å². The molecule has 68 valence electrons. The van der Waals surface area contributed by atoms with Crippen LogP contribution in [0.4, 0.5) is 0 Å². The van der Waals surface area contributed by atoms with Gasteiger partial charge in [-0.15, -0.1) is 0 Å². The standard InChI is InChI=1S/C9H21NO/c1-5-8(3)9(7-11-4)10-6-2/h8-10H,5-7H2,1-4H3. The van der Waals surface area contributed by atoms with Gasteiger partial charge in [0.2, 0.25) is 0 Å². The highest BCUT2D eigenvalue weighted by atomic mass is 16.5. The van der Waals surface area contributed by atoms with E-state index in [9.17, 15) is 0 Å². The van der Waals surface area contributed by atoms with Crippen LogP contribution in [0.1, 0.15) is 27.2 Å². The molecule has 2 unspecified atom stereocenters. The van der Waals surface area contributed by atoms with E-state index < -0.39 is 0 Å². The Labute approximate surface area is 70.3 Å². The van der Waals surface area contributed by atoms with Crippen LogP contribution >= 0.6 is 0 Å². The maximum atomic E-state index is 5.12. The van der Waals surface area contributed by atoms with Crippen molar-refractivity contribution < 1.29 is 4.74 Å². The Kier molecular flexibility index (Phi) is 6.57. The molecule has 0 rings (SSSR count). The Morgan fingerprint density at radius 3 is 2.36 bits per heavy atom. The van der Waals surface area contributed by atoms with Crippen LogP contribution in [0.2, 0.25) is 0 Å². The second kappa shape index (κ2) is 6.62. The van der Waals surface area contributed by atoms with E-state index in [0.29, 0.717) is 12.0 Å². The maximum absolute atomic E-state index is 5.12. The molecule has 2 nitrogen and oxygen atoms in total. The van der Waals surface area contributed by atoms with E-state index in [-0.39, 0.29) is 0 Å². The van der Waals surface area contributed by atoms with Crippen LogP contribution in [-0.4, -0.2) is 26.3 Å². The summed E-state index contributed by atoms with van der Waals surface area (Å²) in [5.41, 5.74) is 0. The zero-order valence-corrected chi connectivity index (χ0v) is 8.18. The minimum Gasteiger partial charge on any atom is -0.383 e. The number of ether oxygens (including phenoxy) is 1. The topological polar surface area (TPSA) is 21.3 Å². The normalized spacial score (nSPS) is 16.4. The van der Waals surface area contributed by atoms with Crippen LogP contribution in [0.3, 0.4) is 0 Å². The summed E-state index contributed by atoms with van der Waals surface area (Å²) in [6.07, 6.45) is 1.21. The fourth-order valence-corrected chi connectivity index (χ4v) is 1.15. The van der Waals surface area contributed by atoms with E-state index in [1.165, 1.54) is 6.42 Å². The monoisotopic (exact) mass is 159 g/mol. The van der Waals surface area contributed by atoms with Crippen molar-refractivity contribution in [3.8, 4) is 0 Å². The summed E-state index contributed by atoms with van der Waals surface area (Å²) >= 11 is 0. The Balaban J connectivity index is 3.66. The van der Waals surface area contributed by atoms with E-state index in [0.717, 1.165) is 13.2 Å². The average molecular weight is 159 g/mol. The lowest BCUT2D eigenvalue weighted by Crippen LogP contribution is -2.38. The first kappa shape index (κ1) is 10.9. The fraction of sp³-hybridized carbons (Fsp3) is 1.00. The molecule has 0 radical (unpaired) electrons. The van der Waals surface area contributed by atoms with Crippen molar-refractivity contribution in [2.75, 3.05) is 20.3 Å². The molecule has 0 spiro atoms. The molecule has 11 heavy (non-hydrogen) atoms. The van der Waals surface area contributed by atoms with Gasteiger partial charge in [-0.25, -0.2) is 0 Å². The molecular formula is C9H21NO. The van der Waals surface area contributed by atoms with Crippen LogP contribution in [0, 0.1) is 5.92 Å². The number of hydrogen-bond acceptors (Lipinski definition) is 2. The molecule has 0 aromatic heterocycles. The van der Waals surface area contributed by atoms with E-state index in [2.05, 4.69) is 26.1 Å². The van der Waals surface area contributed by atoms with Crippen LogP contribution in [0.5, 0.6) is 0 Å². The molecule has 0 aromatic carbocycles. The Bertz CT molecular complexity index is 79.6. The summed E-state index contributed by atoms with van der Waals surface area (Å²) in [6, 6.07) is 0.523. The molecule has 0 saturated carbocycles. The lowest BCUT2D eigenvalue weighted by atomic mass is 10.00. The lowest BCUT2D eigenvalue weighted by molar-refractivity contribution is 0.143. The van der Waals surface area contributed by atoms with Crippen molar-refractivity contribution in [1.82, 2.24) is 5.32 Å². The SMILES string of the molecule is CCNC(COC)C(C)CC. The Morgan fingerprint density at radius 1 is 1.36 bits per heavy atom. The summed E-state index contributed by atoms with van der Waals surface area (Å²) in [7, 11) is 1.76. The molecule has 0 aromatic rings. The summed E-state index contributed by atoms with van der Waals surface area (Å²) in [6.45, 7) is 8.45. The second-order valence-corrected chi connectivity index (χ2v) is 3.01. The van der Waals surface area contributed by atoms with E-state index >= 15 is 0 Å². The molecule has 0 bridgehead atoms. The number of hydrogen-bond donors (Lipinski definition) is 1. The summed E-state index contributed by atoms with van der Waals surface area (Å²) in [5, 5.41) is 3.41. The number of likely N-dealkylation sites (N-methyl/N-ethyl adjacent to an activating group) is 1. The summed E-state index contributed by atoms with van der Waals surface area (Å²) in [4.78, 5) is 0. The van der Waals surface area contributed by atoms with Gasteiger partial charge in [-0.2, -0.15) is 0 Å². The van der Waals surface area contributed by atoms with Crippen LogP contribution < -0.4 is 5.32 Å². The third-order valence-corrected chi connectivity index (χ3v) is 2.14. The fourth-order valence-electron chi connectivity index (χ4n) is 1.15. The van der Waals surface area contributed by atoms with Crippen molar-refractivity contribution in [2.45, 2.75) is 33.2 Å². The van der Waals surface area contributed by atoms with E-state index in [4.69, 9.17) is 4.74 Å². The molecule has 0 aliphatic carbocycles. The second-order valence-electron chi connectivity index (χ2n) is 3.01. The minimum absolute atomic E-state index is 0.523. The molecular weight excluding hydrogens is 138 g/mol. The molecule has 1 N–H and O–H groups in total. The predicted octanol–water partition coefficient (Wildman–Crippen LogP) is 1.66. The van der Waals surface area contributed by atoms with Gasteiger partial charge in [-0.3, -0.25) is 0 Å². The van der Waals surface area contributed by atoms with Crippen molar-refractivity contribution in [2.24, 2.45) is 5.92 Å². The first-order valence-corrected chi connectivity index (χ1v) is 4.48. The highest BCUT2D eigenvalue weighted by molar-refractivity contribution is 4.70. The molecule has 0 aliphatic heterocycles. The molecule has 0 heterocycles. The van der Waals surface area contributed by atoms with Crippen LogP contribution in [-0.2, 0) is 4.74 Å². The summed E-state index contributed by atoms with van der Waals surface area (Å²) in [5.74, 6) is 0.704. The molecule has 0 fully saturated rings. The first-order chi connectivity index (χ1) is 5.26. The summed E-state index contributed by atoms with van der Waals surface area (Å²) < 4.78 is 5.12. The quantitative estimate of drug-likeness (QED) is 0.636. The largest absolute Gasteiger partial charge is 0.383 e. The Hall–Kier alpha value is -0.0800. The van der Waals surface area contributed by atoms with Gasteiger partial charge in [-0.05, 0) is 12.5 Å². The highest BCUT2D eigenvalue weighted by Crippen LogP contribution is 2.07. The van der Waals surface area contributed by atoms with E-state index in [1.807, 2.05) is 0 Å². The zero-order valence-electron chi connectivity index (χ0n) is 8.18. The lowest BCUT2D eigenvalue weighted by Gasteiger charge is -2.22. The van der Waals surface area contributed by atoms with Crippen molar-refractivity contribution >= 4 is 0 Å².